The van der Waals surface area contributed by atoms with Crippen molar-refractivity contribution in [3.8, 4) is 6.07 Å². The fraction of sp³-hybridized carbons (Fsp3) is 0.800. The molecular weight excluding hydrogens is 178 g/mol. The van der Waals surface area contributed by atoms with Crippen molar-refractivity contribution in [3.63, 3.8) is 0 Å². The van der Waals surface area contributed by atoms with E-state index < -0.39 is 5.54 Å². The van der Waals surface area contributed by atoms with E-state index in [9.17, 15) is 4.79 Å². The molecule has 0 radical (unpaired) electrons. The molecule has 2 amide bonds. The molecule has 0 spiro atoms. The minimum atomic E-state index is -0.742. The summed E-state index contributed by atoms with van der Waals surface area (Å²) in [6.45, 7) is 3.61. The lowest BCUT2D eigenvalue weighted by Crippen LogP contribution is -2.52. The molecule has 0 heterocycles. The van der Waals surface area contributed by atoms with Crippen LogP contribution in [0.25, 0.3) is 0 Å². The summed E-state index contributed by atoms with van der Waals surface area (Å²) in [7, 11) is 0. The molecule has 14 heavy (non-hydrogen) atoms. The van der Waals surface area contributed by atoms with Crippen LogP contribution in [-0.2, 0) is 0 Å². The quantitative estimate of drug-likeness (QED) is 0.717. The first-order chi connectivity index (χ1) is 6.59. The van der Waals surface area contributed by atoms with E-state index in [2.05, 4.69) is 16.7 Å². The SMILES string of the molecule is CCC(C)(C#N)NC(=O)NC1CCC1. The summed E-state index contributed by atoms with van der Waals surface area (Å²) in [5, 5.41) is 14.4. The Kier molecular flexibility index (Phi) is 3.34. The van der Waals surface area contributed by atoms with Crippen molar-refractivity contribution in [2.45, 2.75) is 51.1 Å². The Bertz CT molecular complexity index is 255. The normalized spacial score (nSPS) is 20.1. The van der Waals surface area contributed by atoms with E-state index in [0.717, 1.165) is 12.8 Å². The predicted molar refractivity (Wildman–Crippen MR) is 53.6 cm³/mol. The highest BCUT2D eigenvalue weighted by Crippen LogP contribution is 2.18. The van der Waals surface area contributed by atoms with E-state index in [-0.39, 0.29) is 6.03 Å². The van der Waals surface area contributed by atoms with Crippen LogP contribution in [0.15, 0.2) is 0 Å². The fourth-order valence-electron chi connectivity index (χ4n) is 1.22. The van der Waals surface area contributed by atoms with Crippen molar-refractivity contribution in [1.82, 2.24) is 10.6 Å². The van der Waals surface area contributed by atoms with Crippen LogP contribution in [0.5, 0.6) is 0 Å². The van der Waals surface area contributed by atoms with Crippen molar-refractivity contribution in [2.24, 2.45) is 0 Å². The van der Waals surface area contributed by atoms with Crippen LogP contribution in [0, 0.1) is 11.3 Å². The first kappa shape index (κ1) is 10.8. The zero-order valence-corrected chi connectivity index (χ0v) is 8.76. The number of carbonyl (C=O) groups excluding carboxylic acids is 1. The van der Waals surface area contributed by atoms with Crippen LogP contribution in [0.2, 0.25) is 0 Å². The molecule has 0 aromatic rings. The molecule has 78 valence electrons. The van der Waals surface area contributed by atoms with Gasteiger partial charge in [-0.15, -0.1) is 0 Å². The number of nitrogens with one attached hydrogen (secondary N) is 2. The molecule has 1 aliphatic carbocycles. The van der Waals surface area contributed by atoms with Gasteiger partial charge in [-0.25, -0.2) is 4.79 Å². The van der Waals surface area contributed by atoms with Gasteiger partial charge in [-0.3, -0.25) is 0 Å². The van der Waals surface area contributed by atoms with Gasteiger partial charge in [-0.1, -0.05) is 6.92 Å². The van der Waals surface area contributed by atoms with Crippen molar-refractivity contribution in [1.29, 1.82) is 5.26 Å². The van der Waals surface area contributed by atoms with Gasteiger partial charge in [0.25, 0.3) is 0 Å². The fourth-order valence-corrected chi connectivity index (χ4v) is 1.22. The Balaban J connectivity index is 2.35. The predicted octanol–water partition coefficient (Wildman–Crippen LogP) is 1.53. The minimum Gasteiger partial charge on any atom is -0.335 e. The second-order valence-electron chi connectivity index (χ2n) is 4.02. The first-order valence-corrected chi connectivity index (χ1v) is 5.09. The summed E-state index contributed by atoms with van der Waals surface area (Å²) < 4.78 is 0. The Morgan fingerprint density at radius 2 is 2.29 bits per heavy atom. The number of nitrogens with zero attached hydrogens (tertiary/aromatic N) is 1. The summed E-state index contributed by atoms with van der Waals surface area (Å²) in [5.74, 6) is 0. The monoisotopic (exact) mass is 195 g/mol. The number of rotatable bonds is 3. The van der Waals surface area contributed by atoms with Crippen molar-refractivity contribution < 1.29 is 4.79 Å². The van der Waals surface area contributed by atoms with E-state index in [1.807, 2.05) is 6.92 Å². The first-order valence-electron chi connectivity index (χ1n) is 5.09. The summed E-state index contributed by atoms with van der Waals surface area (Å²) in [5.41, 5.74) is -0.742. The zero-order valence-electron chi connectivity index (χ0n) is 8.76. The summed E-state index contributed by atoms with van der Waals surface area (Å²) >= 11 is 0. The minimum absolute atomic E-state index is 0.222. The lowest BCUT2D eigenvalue weighted by Gasteiger charge is -2.29. The molecule has 1 fully saturated rings. The molecule has 1 aliphatic rings. The summed E-state index contributed by atoms with van der Waals surface area (Å²) in [6.07, 6.45) is 3.92. The highest BCUT2D eigenvalue weighted by Gasteiger charge is 2.26. The average Bonchev–Trinajstić information content (AvgIpc) is 2.11. The Labute approximate surface area is 84.7 Å². The molecule has 1 unspecified atom stereocenters. The summed E-state index contributed by atoms with van der Waals surface area (Å²) in [6, 6.07) is 2.19. The number of amides is 2. The Morgan fingerprint density at radius 1 is 1.64 bits per heavy atom. The van der Waals surface area contributed by atoms with Gasteiger partial charge in [-0.05, 0) is 32.6 Å². The molecule has 1 atom stereocenters. The van der Waals surface area contributed by atoms with Crippen molar-refractivity contribution in [2.75, 3.05) is 0 Å². The molecule has 0 bridgehead atoms. The van der Waals surface area contributed by atoms with Gasteiger partial charge in [0.1, 0.15) is 5.54 Å². The highest BCUT2D eigenvalue weighted by molar-refractivity contribution is 5.75. The molecule has 1 saturated carbocycles. The van der Waals surface area contributed by atoms with Gasteiger partial charge < -0.3 is 10.6 Å². The van der Waals surface area contributed by atoms with Crippen molar-refractivity contribution in [3.05, 3.63) is 0 Å². The van der Waals surface area contributed by atoms with Gasteiger partial charge in [0.05, 0.1) is 6.07 Å². The largest absolute Gasteiger partial charge is 0.335 e. The van der Waals surface area contributed by atoms with E-state index >= 15 is 0 Å². The van der Waals surface area contributed by atoms with Gasteiger partial charge in [0, 0.05) is 6.04 Å². The average molecular weight is 195 g/mol. The van der Waals surface area contributed by atoms with Gasteiger partial charge >= 0.3 is 6.03 Å². The lowest BCUT2D eigenvalue weighted by molar-refractivity contribution is 0.220. The summed E-state index contributed by atoms with van der Waals surface area (Å²) in [4.78, 5) is 11.4. The second kappa shape index (κ2) is 4.32. The molecule has 1 rings (SSSR count). The second-order valence-corrected chi connectivity index (χ2v) is 4.02. The number of urea groups is 1. The van der Waals surface area contributed by atoms with Crippen LogP contribution in [0.3, 0.4) is 0 Å². The Morgan fingerprint density at radius 3 is 2.64 bits per heavy atom. The Hall–Kier alpha value is -1.24. The van der Waals surface area contributed by atoms with Crippen LogP contribution in [-0.4, -0.2) is 17.6 Å². The van der Waals surface area contributed by atoms with Gasteiger partial charge in [0.15, 0.2) is 0 Å². The molecule has 0 aromatic carbocycles. The van der Waals surface area contributed by atoms with Crippen LogP contribution < -0.4 is 10.6 Å². The standard InChI is InChI=1S/C10H17N3O/c1-3-10(2,7-11)13-9(14)12-8-5-4-6-8/h8H,3-6H2,1-2H3,(H2,12,13,14). The highest BCUT2D eigenvalue weighted by atomic mass is 16.2. The number of hydrogen-bond donors (Lipinski definition) is 2. The third-order valence-corrected chi connectivity index (χ3v) is 2.78. The van der Waals surface area contributed by atoms with Crippen molar-refractivity contribution >= 4 is 6.03 Å². The third kappa shape index (κ3) is 2.63. The van der Waals surface area contributed by atoms with Gasteiger partial charge in [0.2, 0.25) is 0 Å². The van der Waals surface area contributed by atoms with Crippen LogP contribution >= 0.6 is 0 Å². The number of hydrogen-bond acceptors (Lipinski definition) is 2. The third-order valence-electron chi connectivity index (χ3n) is 2.78. The van der Waals surface area contributed by atoms with E-state index in [1.54, 1.807) is 6.92 Å². The maximum atomic E-state index is 11.4. The molecule has 0 saturated heterocycles. The van der Waals surface area contributed by atoms with Gasteiger partial charge in [-0.2, -0.15) is 5.26 Å². The maximum absolute atomic E-state index is 11.4. The molecule has 0 aromatic heterocycles. The number of nitriles is 1. The lowest BCUT2D eigenvalue weighted by atomic mass is 9.93. The molecule has 4 heteroatoms. The smallest absolute Gasteiger partial charge is 0.316 e. The molecule has 0 aliphatic heterocycles. The molecule has 4 nitrogen and oxygen atoms in total. The van der Waals surface area contributed by atoms with E-state index in [4.69, 9.17) is 5.26 Å². The van der Waals surface area contributed by atoms with E-state index in [1.165, 1.54) is 6.42 Å². The van der Waals surface area contributed by atoms with Crippen LogP contribution in [0.1, 0.15) is 39.5 Å². The maximum Gasteiger partial charge on any atom is 0.316 e. The zero-order chi connectivity index (χ0) is 10.6. The topological polar surface area (TPSA) is 64.9 Å². The molecule has 2 N–H and O–H groups in total. The number of carbonyl (C=O) groups is 1. The van der Waals surface area contributed by atoms with Crippen LogP contribution in [0.4, 0.5) is 4.79 Å². The molecular formula is C10H17N3O. The van der Waals surface area contributed by atoms with E-state index in [0.29, 0.717) is 12.5 Å².